The summed E-state index contributed by atoms with van der Waals surface area (Å²) in [6, 6.07) is 17.1. The van der Waals surface area contributed by atoms with Crippen LogP contribution in [0.25, 0.3) is 0 Å². The predicted molar refractivity (Wildman–Crippen MR) is 138 cm³/mol. The van der Waals surface area contributed by atoms with Crippen molar-refractivity contribution in [2.75, 3.05) is 25.1 Å². The average molecular weight is 497 g/mol. The summed E-state index contributed by atoms with van der Waals surface area (Å²) in [5.74, 6) is 0.279. The smallest absolute Gasteiger partial charge is 0.264 e. The molecule has 8 heteroatoms. The number of nitrogens with zero attached hydrogens (tertiary/aromatic N) is 1. The van der Waals surface area contributed by atoms with Gasteiger partial charge in [-0.2, -0.15) is 0 Å². The number of benzene rings is 3. The van der Waals surface area contributed by atoms with E-state index in [0.29, 0.717) is 11.4 Å². The minimum Gasteiger partial charge on any atom is -0.493 e. The van der Waals surface area contributed by atoms with Gasteiger partial charge in [0, 0.05) is 6.07 Å². The minimum absolute atomic E-state index is 0.00838. The molecule has 0 bridgehead atoms. The third kappa shape index (κ3) is 5.95. The lowest BCUT2D eigenvalue weighted by molar-refractivity contribution is -0.120. The number of methoxy groups -OCH3 is 2. The highest BCUT2D eigenvalue weighted by molar-refractivity contribution is 7.92. The maximum Gasteiger partial charge on any atom is 0.264 e. The van der Waals surface area contributed by atoms with Gasteiger partial charge in [0.1, 0.15) is 6.54 Å². The molecular weight excluding hydrogens is 464 g/mol. The highest BCUT2D eigenvalue weighted by atomic mass is 32.2. The monoisotopic (exact) mass is 496 g/mol. The van der Waals surface area contributed by atoms with Crippen LogP contribution in [0.5, 0.6) is 11.5 Å². The van der Waals surface area contributed by atoms with Crippen LogP contribution in [-0.4, -0.2) is 35.1 Å². The zero-order valence-corrected chi connectivity index (χ0v) is 21.8. The van der Waals surface area contributed by atoms with E-state index in [1.54, 1.807) is 12.1 Å². The summed E-state index contributed by atoms with van der Waals surface area (Å²) in [5.41, 5.74) is 4.54. The van der Waals surface area contributed by atoms with E-state index in [1.165, 1.54) is 32.4 Å². The molecule has 0 aliphatic heterocycles. The van der Waals surface area contributed by atoms with Gasteiger partial charge in [0.05, 0.1) is 30.8 Å². The number of hydrogen-bond donors (Lipinski definition) is 1. The number of ether oxygens (including phenoxy) is 2. The number of carbonyl (C=O) groups is 1. The first-order chi connectivity index (χ1) is 16.6. The van der Waals surface area contributed by atoms with Crippen LogP contribution in [0.15, 0.2) is 65.6 Å². The number of anilines is 1. The number of rotatable bonds is 9. The second-order valence-corrected chi connectivity index (χ2v) is 10.4. The largest absolute Gasteiger partial charge is 0.493 e. The van der Waals surface area contributed by atoms with E-state index in [0.717, 1.165) is 26.6 Å². The molecule has 3 rings (SSSR count). The zero-order valence-electron chi connectivity index (χ0n) is 21.0. The number of sulfonamides is 1. The molecule has 0 aliphatic carbocycles. The Morgan fingerprint density at radius 2 is 1.51 bits per heavy atom. The molecule has 35 heavy (non-hydrogen) atoms. The Kier molecular flexibility index (Phi) is 8.07. The van der Waals surface area contributed by atoms with Crippen LogP contribution in [0.1, 0.15) is 35.2 Å². The van der Waals surface area contributed by atoms with E-state index in [-0.39, 0.29) is 23.2 Å². The molecule has 1 N–H and O–H groups in total. The summed E-state index contributed by atoms with van der Waals surface area (Å²) < 4.78 is 39.1. The Hall–Kier alpha value is -3.52. The van der Waals surface area contributed by atoms with Gasteiger partial charge in [0.15, 0.2) is 11.5 Å². The maximum absolute atomic E-state index is 13.7. The lowest BCUT2D eigenvalue weighted by Gasteiger charge is -2.26. The van der Waals surface area contributed by atoms with E-state index in [1.807, 2.05) is 52.0 Å². The molecule has 1 amide bonds. The second-order valence-electron chi connectivity index (χ2n) is 8.51. The first-order valence-electron chi connectivity index (χ1n) is 11.2. The molecule has 0 saturated carbocycles. The zero-order chi connectivity index (χ0) is 25.8. The quantitative estimate of drug-likeness (QED) is 0.464. The predicted octanol–water partition coefficient (Wildman–Crippen LogP) is 4.70. The Morgan fingerprint density at radius 3 is 2.11 bits per heavy atom. The Bertz CT molecular complexity index is 1300. The molecule has 3 aromatic rings. The van der Waals surface area contributed by atoms with Crippen LogP contribution in [0, 0.1) is 20.8 Å². The first kappa shape index (κ1) is 26.1. The Morgan fingerprint density at radius 1 is 0.886 bits per heavy atom. The van der Waals surface area contributed by atoms with Gasteiger partial charge in [-0.15, -0.1) is 0 Å². The van der Waals surface area contributed by atoms with Crippen molar-refractivity contribution in [1.82, 2.24) is 5.32 Å². The van der Waals surface area contributed by atoms with Gasteiger partial charge in [0.2, 0.25) is 5.91 Å². The summed E-state index contributed by atoms with van der Waals surface area (Å²) in [6.07, 6.45) is 0. The lowest BCUT2D eigenvalue weighted by Crippen LogP contribution is -2.41. The van der Waals surface area contributed by atoms with Crippen molar-refractivity contribution in [3.8, 4) is 11.5 Å². The molecule has 0 spiro atoms. The van der Waals surface area contributed by atoms with Crippen molar-refractivity contribution >= 4 is 21.6 Å². The first-order valence-corrected chi connectivity index (χ1v) is 12.7. The van der Waals surface area contributed by atoms with E-state index in [2.05, 4.69) is 11.4 Å². The van der Waals surface area contributed by atoms with Gasteiger partial charge in [-0.25, -0.2) is 8.42 Å². The van der Waals surface area contributed by atoms with Gasteiger partial charge in [-0.1, -0.05) is 41.5 Å². The fourth-order valence-corrected chi connectivity index (χ4v) is 5.37. The van der Waals surface area contributed by atoms with Crippen molar-refractivity contribution in [2.24, 2.45) is 0 Å². The van der Waals surface area contributed by atoms with Gasteiger partial charge in [0.25, 0.3) is 10.0 Å². The average Bonchev–Trinajstić information content (AvgIpc) is 2.82. The molecule has 0 radical (unpaired) electrons. The Balaban J connectivity index is 1.94. The van der Waals surface area contributed by atoms with Crippen molar-refractivity contribution in [3.63, 3.8) is 0 Å². The van der Waals surface area contributed by atoms with Gasteiger partial charge < -0.3 is 14.8 Å². The number of aryl methyl sites for hydroxylation is 3. The Labute approximate surface area is 207 Å². The summed E-state index contributed by atoms with van der Waals surface area (Å²) >= 11 is 0. The van der Waals surface area contributed by atoms with Gasteiger partial charge in [-0.05, 0) is 63.1 Å². The molecule has 0 aliphatic rings. The van der Waals surface area contributed by atoms with Crippen LogP contribution in [-0.2, 0) is 14.8 Å². The summed E-state index contributed by atoms with van der Waals surface area (Å²) in [7, 11) is -1.18. The molecule has 7 nitrogen and oxygen atoms in total. The summed E-state index contributed by atoms with van der Waals surface area (Å²) in [4.78, 5) is 13.1. The summed E-state index contributed by atoms with van der Waals surface area (Å²) in [5, 5.41) is 2.94. The van der Waals surface area contributed by atoms with E-state index in [4.69, 9.17) is 9.47 Å². The summed E-state index contributed by atoms with van der Waals surface area (Å²) in [6.45, 7) is 7.42. The highest BCUT2D eigenvalue weighted by Gasteiger charge is 2.29. The van der Waals surface area contributed by atoms with Gasteiger partial charge >= 0.3 is 0 Å². The van der Waals surface area contributed by atoms with Crippen LogP contribution in [0.2, 0.25) is 0 Å². The maximum atomic E-state index is 13.7. The molecular formula is C27H32N2O5S. The van der Waals surface area contributed by atoms with Gasteiger partial charge in [-0.3, -0.25) is 9.10 Å². The normalized spacial score (nSPS) is 12.1. The highest BCUT2D eigenvalue weighted by Crippen LogP contribution is 2.32. The molecule has 0 heterocycles. The van der Waals surface area contributed by atoms with E-state index < -0.39 is 15.9 Å². The second kappa shape index (κ2) is 10.8. The third-order valence-corrected chi connectivity index (χ3v) is 7.59. The van der Waals surface area contributed by atoms with Crippen LogP contribution < -0.4 is 19.1 Å². The molecule has 3 aromatic carbocycles. The fraction of sp³-hybridized carbons (Fsp3) is 0.296. The molecule has 0 saturated heterocycles. The topological polar surface area (TPSA) is 84.9 Å². The molecule has 0 fully saturated rings. The molecule has 186 valence electrons. The van der Waals surface area contributed by atoms with Crippen LogP contribution >= 0.6 is 0 Å². The van der Waals surface area contributed by atoms with Crippen LogP contribution in [0.4, 0.5) is 5.69 Å². The minimum atomic E-state index is -4.10. The molecule has 1 unspecified atom stereocenters. The number of hydrogen-bond acceptors (Lipinski definition) is 5. The van der Waals surface area contributed by atoms with E-state index in [9.17, 15) is 13.2 Å². The van der Waals surface area contributed by atoms with Crippen molar-refractivity contribution < 1.29 is 22.7 Å². The SMILES string of the molecule is COc1ccc(S(=O)(=O)N(CC(=O)NC(C)c2ccc(C)cc2C)c2ccc(C)cc2)cc1OC. The lowest BCUT2D eigenvalue weighted by atomic mass is 10.0. The fourth-order valence-electron chi connectivity index (χ4n) is 3.94. The number of amides is 1. The third-order valence-electron chi connectivity index (χ3n) is 5.82. The standard InChI is InChI=1S/C27H32N2O5S/c1-18-7-10-22(11-8-18)29(35(31,32)23-12-14-25(33-5)26(16-23)34-6)17-27(30)28-21(4)24-13-9-19(2)15-20(24)3/h7-16,21H,17H2,1-6H3,(H,28,30). The van der Waals surface area contributed by atoms with E-state index >= 15 is 0 Å². The van der Waals surface area contributed by atoms with Crippen molar-refractivity contribution in [1.29, 1.82) is 0 Å². The molecule has 0 aromatic heterocycles. The molecule has 1 atom stereocenters. The number of carbonyl (C=O) groups excluding carboxylic acids is 1. The van der Waals surface area contributed by atoms with Crippen molar-refractivity contribution in [2.45, 2.75) is 38.6 Å². The number of nitrogens with one attached hydrogen (secondary N) is 1. The van der Waals surface area contributed by atoms with Crippen molar-refractivity contribution in [3.05, 3.63) is 82.9 Å². The van der Waals surface area contributed by atoms with Crippen LogP contribution in [0.3, 0.4) is 0 Å².